The number of carboxylic acids is 1. The van der Waals surface area contributed by atoms with E-state index in [0.29, 0.717) is 18.9 Å². The monoisotopic (exact) mass is 265 g/mol. The van der Waals surface area contributed by atoms with Gasteiger partial charge in [-0.1, -0.05) is 13.0 Å². The van der Waals surface area contributed by atoms with Crippen LogP contribution in [0.2, 0.25) is 0 Å². The minimum absolute atomic E-state index is 0.361. The number of nitro groups is 1. The van der Waals surface area contributed by atoms with Crippen LogP contribution in [-0.2, 0) is 0 Å². The van der Waals surface area contributed by atoms with E-state index in [1.54, 1.807) is 6.08 Å². The van der Waals surface area contributed by atoms with Gasteiger partial charge >= 0.3 is 11.7 Å². The number of nitrogens with zero attached hydrogens (tertiary/aromatic N) is 3. The Morgan fingerprint density at radius 1 is 1.68 bits per heavy atom. The Morgan fingerprint density at radius 3 is 2.84 bits per heavy atom. The summed E-state index contributed by atoms with van der Waals surface area (Å²) in [6, 6.07) is 1.22. The molecule has 19 heavy (non-hydrogen) atoms. The Balaban J connectivity index is 3.22. The minimum Gasteiger partial charge on any atom is -0.477 e. The lowest BCUT2D eigenvalue weighted by atomic mass is 10.2. The van der Waals surface area contributed by atoms with Crippen LogP contribution in [0, 0.1) is 10.1 Å². The van der Waals surface area contributed by atoms with Crippen LogP contribution >= 0.6 is 0 Å². The number of carboxylic acid groups (broad SMARTS) is 1. The summed E-state index contributed by atoms with van der Waals surface area (Å²) in [5, 5.41) is 19.7. The fourth-order valence-corrected chi connectivity index (χ4v) is 1.65. The first-order valence-corrected chi connectivity index (χ1v) is 5.74. The summed E-state index contributed by atoms with van der Waals surface area (Å²) < 4.78 is 0. The maximum Gasteiger partial charge on any atom is 0.342 e. The highest BCUT2D eigenvalue weighted by atomic mass is 16.6. The van der Waals surface area contributed by atoms with Crippen LogP contribution in [0.25, 0.3) is 0 Å². The van der Waals surface area contributed by atoms with Crippen LogP contribution in [0.4, 0.5) is 11.5 Å². The van der Waals surface area contributed by atoms with Gasteiger partial charge in [-0.3, -0.25) is 10.1 Å². The average molecular weight is 265 g/mol. The van der Waals surface area contributed by atoms with Crippen LogP contribution in [0.5, 0.6) is 0 Å². The summed E-state index contributed by atoms with van der Waals surface area (Å²) in [7, 11) is 0. The number of carbonyl (C=O) groups is 1. The summed E-state index contributed by atoms with van der Waals surface area (Å²) in [6.45, 7) is 6.75. The fourth-order valence-electron chi connectivity index (χ4n) is 1.65. The zero-order chi connectivity index (χ0) is 14.4. The maximum atomic E-state index is 11.0. The van der Waals surface area contributed by atoms with Crippen molar-refractivity contribution in [3.05, 3.63) is 40.6 Å². The number of hydrogen-bond donors (Lipinski definition) is 1. The summed E-state index contributed by atoms with van der Waals surface area (Å²) in [6.07, 6.45) is 3.48. The SMILES string of the molecule is C=CCN(CCC)c1cc(C(=O)O)c([N+](=O)[O-])cn1. The van der Waals surface area contributed by atoms with Gasteiger partial charge in [-0.15, -0.1) is 6.58 Å². The van der Waals surface area contributed by atoms with E-state index >= 15 is 0 Å². The van der Waals surface area contributed by atoms with Crippen molar-refractivity contribution >= 4 is 17.5 Å². The first kappa shape index (κ1) is 14.6. The van der Waals surface area contributed by atoms with Gasteiger partial charge in [0.2, 0.25) is 0 Å². The second-order valence-electron chi connectivity index (χ2n) is 3.86. The number of hydrogen-bond acceptors (Lipinski definition) is 5. The molecule has 0 radical (unpaired) electrons. The van der Waals surface area contributed by atoms with Crippen LogP contribution in [0.1, 0.15) is 23.7 Å². The third-order valence-corrected chi connectivity index (χ3v) is 2.46. The Hall–Kier alpha value is -2.44. The molecule has 1 rings (SSSR count). The van der Waals surface area contributed by atoms with E-state index in [0.717, 1.165) is 12.6 Å². The summed E-state index contributed by atoms with van der Waals surface area (Å²) in [5.41, 5.74) is -0.869. The highest BCUT2D eigenvalue weighted by Gasteiger charge is 2.22. The molecule has 1 N–H and O–H groups in total. The Morgan fingerprint density at radius 2 is 2.37 bits per heavy atom. The fraction of sp³-hybridized carbons (Fsp3) is 0.333. The Kier molecular flexibility index (Phi) is 4.99. The Bertz CT molecular complexity index is 502. The van der Waals surface area contributed by atoms with E-state index in [4.69, 9.17) is 5.11 Å². The largest absolute Gasteiger partial charge is 0.477 e. The lowest BCUT2D eigenvalue weighted by Crippen LogP contribution is -2.25. The predicted octanol–water partition coefficient (Wildman–Crippen LogP) is 2.09. The van der Waals surface area contributed by atoms with Gasteiger partial charge in [0.05, 0.1) is 4.92 Å². The molecular weight excluding hydrogens is 250 g/mol. The van der Waals surface area contributed by atoms with E-state index in [1.165, 1.54) is 6.07 Å². The molecule has 0 aromatic carbocycles. The molecule has 7 nitrogen and oxygen atoms in total. The van der Waals surface area contributed by atoms with Crippen molar-refractivity contribution in [1.29, 1.82) is 0 Å². The van der Waals surface area contributed by atoms with E-state index in [9.17, 15) is 14.9 Å². The molecule has 0 aliphatic rings. The van der Waals surface area contributed by atoms with Gasteiger partial charge in [-0.2, -0.15) is 0 Å². The van der Waals surface area contributed by atoms with Gasteiger partial charge in [-0.25, -0.2) is 9.78 Å². The zero-order valence-electron chi connectivity index (χ0n) is 10.6. The molecule has 0 fully saturated rings. The molecule has 0 aliphatic heterocycles. The normalized spacial score (nSPS) is 9.95. The molecule has 0 saturated carbocycles. The standard InChI is InChI=1S/C12H15N3O4/c1-3-5-14(6-4-2)11-7-9(12(16)17)10(8-13-11)15(18)19/h3,7-8H,1,4-6H2,2H3,(H,16,17). The van der Waals surface area contributed by atoms with Gasteiger partial charge in [-0.05, 0) is 6.42 Å². The second-order valence-corrected chi connectivity index (χ2v) is 3.86. The molecule has 0 spiro atoms. The molecule has 0 aliphatic carbocycles. The summed E-state index contributed by atoms with van der Waals surface area (Å²) in [5.74, 6) is -0.949. The van der Waals surface area contributed by atoms with Crippen molar-refractivity contribution in [2.24, 2.45) is 0 Å². The van der Waals surface area contributed by atoms with Crippen molar-refractivity contribution in [2.45, 2.75) is 13.3 Å². The quantitative estimate of drug-likeness (QED) is 0.460. The van der Waals surface area contributed by atoms with Gasteiger partial charge in [0.1, 0.15) is 17.6 Å². The topological polar surface area (TPSA) is 96.6 Å². The lowest BCUT2D eigenvalue weighted by molar-refractivity contribution is -0.385. The molecule has 1 heterocycles. The first-order chi connectivity index (χ1) is 9.01. The number of aromatic nitrogens is 1. The molecule has 0 amide bonds. The molecule has 0 bridgehead atoms. The number of rotatable bonds is 7. The van der Waals surface area contributed by atoms with Crippen LogP contribution in [-0.4, -0.2) is 34.1 Å². The summed E-state index contributed by atoms with van der Waals surface area (Å²) in [4.78, 5) is 26.8. The smallest absolute Gasteiger partial charge is 0.342 e. The molecule has 0 unspecified atom stereocenters. The van der Waals surface area contributed by atoms with Gasteiger partial charge in [0.15, 0.2) is 0 Å². The van der Waals surface area contributed by atoms with Crippen molar-refractivity contribution in [1.82, 2.24) is 4.98 Å². The van der Waals surface area contributed by atoms with Crippen molar-refractivity contribution in [3.63, 3.8) is 0 Å². The Labute approximate surface area is 110 Å². The third kappa shape index (κ3) is 3.51. The number of pyridine rings is 1. The molecule has 7 heteroatoms. The second kappa shape index (κ2) is 6.48. The maximum absolute atomic E-state index is 11.0. The van der Waals surface area contributed by atoms with Crippen molar-refractivity contribution < 1.29 is 14.8 Å². The number of anilines is 1. The molecule has 0 atom stereocenters. The van der Waals surface area contributed by atoms with Crippen LogP contribution in [0.15, 0.2) is 24.9 Å². The predicted molar refractivity (Wildman–Crippen MR) is 70.6 cm³/mol. The van der Waals surface area contributed by atoms with Crippen molar-refractivity contribution in [2.75, 3.05) is 18.0 Å². The van der Waals surface area contributed by atoms with E-state index in [-0.39, 0.29) is 5.56 Å². The number of aromatic carboxylic acids is 1. The molecular formula is C12H15N3O4. The van der Waals surface area contributed by atoms with Gasteiger partial charge in [0, 0.05) is 19.2 Å². The molecule has 1 aromatic heterocycles. The van der Waals surface area contributed by atoms with E-state index in [1.807, 2.05) is 11.8 Å². The summed E-state index contributed by atoms with van der Waals surface area (Å²) >= 11 is 0. The lowest BCUT2D eigenvalue weighted by Gasteiger charge is -2.21. The van der Waals surface area contributed by atoms with Gasteiger partial charge in [0.25, 0.3) is 0 Å². The first-order valence-electron chi connectivity index (χ1n) is 5.74. The third-order valence-electron chi connectivity index (χ3n) is 2.46. The van der Waals surface area contributed by atoms with E-state index in [2.05, 4.69) is 11.6 Å². The van der Waals surface area contributed by atoms with Crippen LogP contribution < -0.4 is 4.90 Å². The molecule has 1 aromatic rings. The average Bonchev–Trinajstić information content (AvgIpc) is 2.37. The minimum atomic E-state index is -1.34. The van der Waals surface area contributed by atoms with Crippen molar-refractivity contribution in [3.8, 4) is 0 Å². The zero-order valence-corrected chi connectivity index (χ0v) is 10.6. The highest BCUT2D eigenvalue weighted by Crippen LogP contribution is 2.22. The molecule has 102 valence electrons. The van der Waals surface area contributed by atoms with Gasteiger partial charge < -0.3 is 10.0 Å². The van der Waals surface area contributed by atoms with Crippen LogP contribution in [0.3, 0.4) is 0 Å². The van der Waals surface area contributed by atoms with E-state index < -0.39 is 16.6 Å². The highest BCUT2D eigenvalue weighted by molar-refractivity contribution is 5.93. The molecule has 0 saturated heterocycles.